The van der Waals surface area contributed by atoms with E-state index in [1.807, 2.05) is 11.0 Å². The lowest BCUT2D eigenvalue weighted by molar-refractivity contribution is 0.0761. The summed E-state index contributed by atoms with van der Waals surface area (Å²) >= 11 is 12.9. The number of hydrogen-bond donors (Lipinski definition) is 0. The van der Waals surface area contributed by atoms with Crippen LogP contribution in [0, 0.1) is 0 Å². The number of hydrogen-bond acceptors (Lipinski definition) is 2. The van der Waals surface area contributed by atoms with Crippen molar-refractivity contribution in [3.63, 3.8) is 0 Å². The molecule has 1 aliphatic rings. The number of benzene rings is 1. The topological polar surface area (TPSA) is 23.6 Å². The molecule has 0 N–H and O–H groups in total. The first kappa shape index (κ1) is 16.3. The van der Waals surface area contributed by atoms with E-state index in [4.69, 9.17) is 11.6 Å². The molecule has 0 aromatic heterocycles. The number of carbonyl (C=O) groups excluding carboxylic acids is 1. The van der Waals surface area contributed by atoms with Gasteiger partial charge in [-0.2, -0.15) is 0 Å². The van der Waals surface area contributed by atoms with Crippen molar-refractivity contribution in [2.45, 2.75) is 6.42 Å². The van der Waals surface area contributed by atoms with E-state index in [0.717, 1.165) is 48.9 Å². The van der Waals surface area contributed by atoms with Crippen molar-refractivity contribution >= 4 is 49.4 Å². The zero-order chi connectivity index (χ0) is 14.5. The Bertz CT molecular complexity index is 484. The molecule has 2 rings (SSSR count). The van der Waals surface area contributed by atoms with E-state index in [9.17, 15) is 4.79 Å². The third-order valence-electron chi connectivity index (χ3n) is 3.44. The van der Waals surface area contributed by atoms with Crippen LogP contribution in [0.5, 0.6) is 0 Å². The maximum absolute atomic E-state index is 12.6. The predicted octanol–water partition coefficient (Wildman–Crippen LogP) is 3.65. The summed E-state index contributed by atoms with van der Waals surface area (Å²) in [6, 6.07) is 5.34. The third kappa shape index (κ3) is 4.20. The summed E-state index contributed by atoms with van der Waals surface area (Å²) in [5.74, 6) is 0.0556. The Labute approximate surface area is 141 Å². The van der Waals surface area contributed by atoms with Crippen molar-refractivity contribution in [3.8, 4) is 0 Å². The molecule has 110 valence electrons. The van der Waals surface area contributed by atoms with Crippen molar-refractivity contribution in [2.75, 3.05) is 38.1 Å². The second-order valence-electron chi connectivity index (χ2n) is 4.80. The highest BCUT2D eigenvalue weighted by Gasteiger charge is 2.21. The van der Waals surface area contributed by atoms with E-state index in [0.29, 0.717) is 10.6 Å². The maximum Gasteiger partial charge on any atom is 0.255 e. The third-order valence-corrected chi connectivity index (χ3v) is 4.72. The number of nitrogens with zero attached hydrogens (tertiary/aromatic N) is 2. The van der Waals surface area contributed by atoms with Crippen molar-refractivity contribution in [3.05, 3.63) is 33.3 Å². The summed E-state index contributed by atoms with van der Waals surface area (Å²) in [6.07, 6.45) is 1.01. The largest absolute Gasteiger partial charge is 0.337 e. The molecular weight excluding hydrogens is 407 g/mol. The number of carbonyl (C=O) groups is 1. The first-order chi connectivity index (χ1) is 9.61. The lowest BCUT2D eigenvalue weighted by Crippen LogP contribution is -2.35. The van der Waals surface area contributed by atoms with Crippen molar-refractivity contribution in [1.82, 2.24) is 9.80 Å². The summed E-state index contributed by atoms with van der Waals surface area (Å²) in [4.78, 5) is 16.9. The minimum atomic E-state index is 0.0556. The number of amides is 1. The van der Waals surface area contributed by atoms with Crippen LogP contribution in [0.4, 0.5) is 0 Å². The van der Waals surface area contributed by atoms with E-state index in [-0.39, 0.29) is 5.91 Å². The van der Waals surface area contributed by atoms with Gasteiger partial charge < -0.3 is 9.80 Å². The summed E-state index contributed by atoms with van der Waals surface area (Å²) in [5, 5.41) is 1.56. The quantitative estimate of drug-likeness (QED) is 0.692. The monoisotopic (exact) mass is 422 g/mol. The van der Waals surface area contributed by atoms with Gasteiger partial charge in [-0.3, -0.25) is 4.79 Å². The molecule has 0 saturated carbocycles. The molecule has 1 heterocycles. The van der Waals surface area contributed by atoms with Gasteiger partial charge in [0.25, 0.3) is 5.91 Å². The van der Waals surface area contributed by atoms with E-state index < -0.39 is 0 Å². The van der Waals surface area contributed by atoms with Gasteiger partial charge in [0.1, 0.15) is 0 Å². The first-order valence-corrected chi connectivity index (χ1v) is 8.93. The molecule has 1 amide bonds. The molecule has 1 fully saturated rings. The van der Waals surface area contributed by atoms with Gasteiger partial charge in [0.05, 0.1) is 5.56 Å². The highest BCUT2D eigenvalue weighted by molar-refractivity contribution is 9.10. The molecule has 1 aromatic rings. The van der Waals surface area contributed by atoms with Crippen LogP contribution < -0.4 is 0 Å². The van der Waals surface area contributed by atoms with Crippen molar-refractivity contribution < 1.29 is 4.79 Å². The van der Waals surface area contributed by atoms with E-state index in [1.54, 1.807) is 12.1 Å². The van der Waals surface area contributed by atoms with Gasteiger partial charge in [-0.15, -0.1) is 0 Å². The van der Waals surface area contributed by atoms with Crippen molar-refractivity contribution in [1.29, 1.82) is 0 Å². The van der Waals surface area contributed by atoms with Crippen LogP contribution >= 0.6 is 43.5 Å². The Hall–Kier alpha value is -0.100. The summed E-state index contributed by atoms with van der Waals surface area (Å²) in [6.45, 7) is 4.58. The molecule has 1 aliphatic heterocycles. The average Bonchev–Trinajstić information content (AvgIpc) is 2.67. The summed E-state index contributed by atoms with van der Waals surface area (Å²) in [5.41, 5.74) is 0.645. The minimum Gasteiger partial charge on any atom is -0.337 e. The van der Waals surface area contributed by atoms with Crippen LogP contribution in [0.25, 0.3) is 0 Å². The van der Waals surface area contributed by atoms with Crippen LogP contribution in [0.3, 0.4) is 0 Å². The maximum atomic E-state index is 12.6. The lowest BCUT2D eigenvalue weighted by atomic mass is 10.2. The zero-order valence-corrected chi connectivity index (χ0v) is 15.0. The smallest absolute Gasteiger partial charge is 0.255 e. The van der Waals surface area contributed by atoms with Crippen LogP contribution in [-0.2, 0) is 0 Å². The van der Waals surface area contributed by atoms with Crippen LogP contribution in [0.2, 0.25) is 5.02 Å². The van der Waals surface area contributed by atoms with Crippen LogP contribution in [-0.4, -0.2) is 53.8 Å². The SMILES string of the molecule is O=C(c1cc(Cl)ccc1Br)N1CCCN(CCBr)CC1. The molecule has 6 heteroatoms. The molecule has 0 bridgehead atoms. The molecule has 0 unspecified atom stereocenters. The molecule has 20 heavy (non-hydrogen) atoms. The molecule has 0 atom stereocenters. The van der Waals surface area contributed by atoms with Crippen LogP contribution in [0.15, 0.2) is 22.7 Å². The Morgan fingerprint density at radius 1 is 1.25 bits per heavy atom. The fourth-order valence-corrected chi connectivity index (χ4v) is 3.44. The number of rotatable bonds is 3. The van der Waals surface area contributed by atoms with Crippen molar-refractivity contribution in [2.24, 2.45) is 0 Å². The molecule has 0 radical (unpaired) electrons. The molecule has 1 saturated heterocycles. The van der Waals surface area contributed by atoms with Gasteiger partial charge in [0.2, 0.25) is 0 Å². The van der Waals surface area contributed by atoms with E-state index in [2.05, 4.69) is 36.8 Å². The molecular formula is C14H17Br2ClN2O. The molecule has 0 spiro atoms. The first-order valence-electron chi connectivity index (χ1n) is 6.64. The average molecular weight is 425 g/mol. The highest BCUT2D eigenvalue weighted by Crippen LogP contribution is 2.23. The highest BCUT2D eigenvalue weighted by atomic mass is 79.9. The fraction of sp³-hybridized carbons (Fsp3) is 0.500. The van der Waals surface area contributed by atoms with Gasteiger partial charge in [0, 0.05) is 41.0 Å². The van der Waals surface area contributed by atoms with Gasteiger partial charge in [-0.1, -0.05) is 27.5 Å². The van der Waals surface area contributed by atoms with Gasteiger partial charge in [0.15, 0.2) is 0 Å². The molecule has 3 nitrogen and oxygen atoms in total. The summed E-state index contributed by atoms with van der Waals surface area (Å²) < 4.78 is 0.800. The normalized spacial score (nSPS) is 17.1. The second kappa shape index (κ2) is 7.78. The minimum absolute atomic E-state index is 0.0556. The van der Waals surface area contributed by atoms with Gasteiger partial charge in [-0.05, 0) is 47.1 Å². The van der Waals surface area contributed by atoms with Gasteiger partial charge in [-0.25, -0.2) is 0 Å². The standard InChI is InChI=1S/C14H17Br2ClN2O/c15-4-7-18-5-1-6-19(9-8-18)14(20)12-10-11(17)2-3-13(12)16/h2-3,10H,1,4-9H2. The molecule has 0 aliphatic carbocycles. The Kier molecular flexibility index (Phi) is 6.33. The summed E-state index contributed by atoms with van der Waals surface area (Å²) in [7, 11) is 0. The van der Waals surface area contributed by atoms with Gasteiger partial charge >= 0.3 is 0 Å². The van der Waals surface area contributed by atoms with Crippen LogP contribution in [0.1, 0.15) is 16.8 Å². The Balaban J connectivity index is 2.07. The van der Waals surface area contributed by atoms with E-state index >= 15 is 0 Å². The predicted molar refractivity (Wildman–Crippen MR) is 89.9 cm³/mol. The Morgan fingerprint density at radius 2 is 2.05 bits per heavy atom. The van der Waals surface area contributed by atoms with E-state index in [1.165, 1.54) is 0 Å². The second-order valence-corrected chi connectivity index (χ2v) is 6.88. The zero-order valence-electron chi connectivity index (χ0n) is 11.1. The fourth-order valence-electron chi connectivity index (χ4n) is 2.35. The number of alkyl halides is 1. The molecule has 1 aromatic carbocycles. The lowest BCUT2D eigenvalue weighted by Gasteiger charge is -2.22. The number of halogens is 3. The Morgan fingerprint density at radius 3 is 2.80 bits per heavy atom.